The Bertz CT molecular complexity index is 842. The summed E-state index contributed by atoms with van der Waals surface area (Å²) < 4.78 is 21.6. The quantitative estimate of drug-likeness (QED) is 0.474. The Labute approximate surface area is 165 Å². The number of amides is 2. The fourth-order valence-corrected chi connectivity index (χ4v) is 7.84. The number of rotatable bonds is 4. The van der Waals surface area contributed by atoms with Crippen molar-refractivity contribution < 1.29 is 23.5 Å². The Hall–Kier alpha value is -1.77. The zero-order chi connectivity index (χ0) is 20.4. The van der Waals surface area contributed by atoms with Crippen LogP contribution in [0.5, 0.6) is 0 Å². The van der Waals surface area contributed by atoms with E-state index in [1.165, 1.54) is 0 Å². The molecule has 2 saturated heterocycles. The van der Waals surface area contributed by atoms with E-state index in [1.807, 2.05) is 25.1 Å². The summed E-state index contributed by atoms with van der Waals surface area (Å²) in [5.41, 5.74) is 0.502. The van der Waals surface area contributed by atoms with E-state index in [9.17, 15) is 14.7 Å². The van der Waals surface area contributed by atoms with Crippen molar-refractivity contribution in [2.45, 2.75) is 50.1 Å². The molecule has 8 heteroatoms. The Morgan fingerprint density at radius 2 is 2.07 bits per heavy atom. The molecule has 28 heavy (non-hydrogen) atoms. The fraction of sp³-hybridized carbons (Fsp3) is 0.600. The van der Waals surface area contributed by atoms with Gasteiger partial charge in [0, 0.05) is 49.3 Å². The minimum absolute atomic E-state index is 0.0559. The average Bonchev–Trinajstić information content (AvgIpc) is 3.02. The van der Waals surface area contributed by atoms with Gasteiger partial charge in [-0.15, -0.1) is 0 Å². The smallest absolute Gasteiger partial charge is 0.264 e. The molecule has 152 valence electrons. The van der Waals surface area contributed by atoms with E-state index in [0.717, 1.165) is 11.4 Å². The number of hydrogen-bond acceptors (Lipinski definition) is 4. The van der Waals surface area contributed by atoms with Crippen molar-refractivity contribution in [1.82, 2.24) is 0 Å². The fourth-order valence-electron chi connectivity index (χ4n) is 5.29. The molecular weight excluding hydrogens is 379 g/mol. The van der Waals surface area contributed by atoms with Gasteiger partial charge in [0.15, 0.2) is 5.60 Å². The maximum absolute atomic E-state index is 15.3. The van der Waals surface area contributed by atoms with Crippen molar-refractivity contribution in [3.8, 4) is 0 Å². The van der Waals surface area contributed by atoms with Gasteiger partial charge in [0.1, 0.15) is 0 Å². The van der Waals surface area contributed by atoms with Gasteiger partial charge < -0.3 is 23.8 Å². The number of ether oxygens (including phenoxy) is 1. The van der Waals surface area contributed by atoms with Crippen LogP contribution in [0.3, 0.4) is 0 Å². The molecule has 0 bridgehead atoms. The molecule has 1 spiro atoms. The van der Waals surface area contributed by atoms with E-state index in [0.29, 0.717) is 24.9 Å². The molecule has 0 radical (unpaired) electrons. The van der Waals surface area contributed by atoms with E-state index in [4.69, 9.17) is 4.74 Å². The van der Waals surface area contributed by atoms with Crippen molar-refractivity contribution in [2.75, 3.05) is 30.0 Å². The Morgan fingerprint density at radius 3 is 2.61 bits per heavy atom. The van der Waals surface area contributed by atoms with E-state index in [2.05, 4.69) is 0 Å². The van der Waals surface area contributed by atoms with Crippen molar-refractivity contribution in [3.63, 3.8) is 0 Å². The molecule has 1 N–H and O–H groups in total. The maximum Gasteiger partial charge on any atom is 0.264 e. The highest BCUT2D eigenvalue weighted by molar-refractivity contribution is 6.72. The maximum atomic E-state index is 15.3. The zero-order valence-corrected chi connectivity index (χ0v) is 17.7. The van der Waals surface area contributed by atoms with Crippen LogP contribution in [0.4, 0.5) is 15.5 Å². The first kappa shape index (κ1) is 19.5. The highest BCUT2D eigenvalue weighted by Gasteiger charge is 2.66. The third-order valence-corrected chi connectivity index (χ3v) is 9.11. The number of likely N-dealkylation sites (N-methyl/N-ethyl adjacent to an activating group) is 1. The highest BCUT2D eigenvalue weighted by Crippen LogP contribution is 2.60. The molecule has 3 aliphatic rings. The van der Waals surface area contributed by atoms with Gasteiger partial charge >= 0.3 is 0 Å². The topological polar surface area (TPSA) is 70.1 Å². The summed E-state index contributed by atoms with van der Waals surface area (Å²) in [6.07, 6.45) is 0.313. The molecule has 0 aromatic heterocycles. The number of aliphatic hydroxyl groups excluding tert-OH is 1. The standard InChI is InChI=1S/C20H27FN2O4Si/c1-12-18(28(3,4)21)16(8-10-24)27-20(12)14-11-13(23-9-7-17(23)25)5-6-15(14)22(2)19(20)26/h5-6,11-12,16,18,24H,7-10H2,1-4H3/t12-,16+,18-,20+/m0/s1. The molecule has 0 unspecified atom stereocenters. The van der Waals surface area contributed by atoms with E-state index < -0.39 is 25.7 Å². The van der Waals surface area contributed by atoms with Crippen LogP contribution in [-0.2, 0) is 19.9 Å². The summed E-state index contributed by atoms with van der Waals surface area (Å²) in [5, 5.41) is 9.50. The first-order valence-electron chi connectivity index (χ1n) is 9.83. The molecule has 2 fully saturated rings. The molecular formula is C20H27FN2O4Si. The lowest BCUT2D eigenvalue weighted by molar-refractivity contribution is -0.146. The lowest BCUT2D eigenvalue weighted by atomic mass is 9.82. The summed E-state index contributed by atoms with van der Waals surface area (Å²) in [7, 11) is -1.47. The van der Waals surface area contributed by atoms with E-state index in [1.54, 1.807) is 29.9 Å². The van der Waals surface area contributed by atoms with Crippen molar-refractivity contribution in [3.05, 3.63) is 23.8 Å². The predicted molar refractivity (Wildman–Crippen MR) is 107 cm³/mol. The number of benzene rings is 1. The number of anilines is 2. The predicted octanol–water partition coefficient (Wildman–Crippen LogP) is 2.56. The molecule has 0 saturated carbocycles. The SMILES string of the molecule is C[C@H]1[C@H]([Si](C)(C)F)[C@@H](CCO)O[C@]12C(=O)N(C)c1ccc(N3CCC3=O)cc12. The third-order valence-electron chi connectivity index (χ3n) is 6.65. The average molecular weight is 407 g/mol. The molecule has 2 amide bonds. The second-order valence-corrected chi connectivity index (χ2v) is 12.4. The van der Waals surface area contributed by atoms with Gasteiger partial charge in [0.25, 0.3) is 5.91 Å². The number of aliphatic hydroxyl groups is 1. The van der Waals surface area contributed by atoms with E-state index >= 15 is 4.11 Å². The largest absolute Gasteiger partial charge is 0.396 e. The van der Waals surface area contributed by atoms with Crippen molar-refractivity contribution in [1.29, 1.82) is 0 Å². The molecule has 3 aliphatic heterocycles. The second kappa shape index (κ2) is 6.37. The normalized spacial score (nSPS) is 32.3. The van der Waals surface area contributed by atoms with Gasteiger partial charge in [-0.2, -0.15) is 0 Å². The van der Waals surface area contributed by atoms with Crippen molar-refractivity contribution >= 4 is 31.6 Å². The Kier molecular flexibility index (Phi) is 4.44. The minimum atomic E-state index is -3.17. The number of nitrogens with zero attached hydrogens (tertiary/aromatic N) is 2. The van der Waals surface area contributed by atoms with Gasteiger partial charge in [0.2, 0.25) is 14.3 Å². The van der Waals surface area contributed by atoms with Gasteiger partial charge in [-0.05, 0) is 37.7 Å². The lowest BCUT2D eigenvalue weighted by Crippen LogP contribution is -2.45. The third kappa shape index (κ3) is 2.51. The van der Waals surface area contributed by atoms with Gasteiger partial charge in [0.05, 0.1) is 11.8 Å². The summed E-state index contributed by atoms with van der Waals surface area (Å²) in [6.45, 7) is 5.71. The van der Waals surface area contributed by atoms with Crippen LogP contribution in [0.2, 0.25) is 18.6 Å². The summed E-state index contributed by atoms with van der Waals surface area (Å²) in [6, 6.07) is 5.54. The molecule has 4 atom stereocenters. The summed E-state index contributed by atoms with van der Waals surface area (Å²) in [4.78, 5) is 28.6. The van der Waals surface area contributed by atoms with E-state index in [-0.39, 0.29) is 24.3 Å². The van der Waals surface area contributed by atoms with Gasteiger partial charge in [-0.25, -0.2) is 0 Å². The molecule has 0 aliphatic carbocycles. The number of fused-ring (bicyclic) bond motifs is 2. The molecule has 3 heterocycles. The van der Waals surface area contributed by atoms with Crippen LogP contribution in [0.25, 0.3) is 0 Å². The lowest BCUT2D eigenvalue weighted by Gasteiger charge is -2.33. The van der Waals surface area contributed by atoms with Gasteiger partial charge in [-0.3, -0.25) is 9.59 Å². The number of carbonyl (C=O) groups is 2. The number of carbonyl (C=O) groups excluding carboxylic acids is 2. The van der Waals surface area contributed by atoms with Crippen LogP contribution in [0.1, 0.15) is 25.3 Å². The molecule has 1 aromatic rings. The number of halogens is 1. The number of β-lactam (4-membered cyclic amide) rings is 1. The van der Waals surface area contributed by atoms with Crippen LogP contribution in [0, 0.1) is 5.92 Å². The molecule has 1 aromatic carbocycles. The highest BCUT2D eigenvalue weighted by atomic mass is 28.4. The monoisotopic (exact) mass is 406 g/mol. The first-order valence-corrected chi connectivity index (χ1v) is 12.8. The van der Waals surface area contributed by atoms with Crippen LogP contribution in [0.15, 0.2) is 18.2 Å². The number of hydrogen-bond donors (Lipinski definition) is 1. The second-order valence-electron chi connectivity index (χ2n) is 8.64. The molecule has 6 nitrogen and oxygen atoms in total. The van der Waals surface area contributed by atoms with Crippen LogP contribution >= 0.6 is 0 Å². The first-order chi connectivity index (χ1) is 13.1. The van der Waals surface area contributed by atoms with Crippen molar-refractivity contribution in [2.24, 2.45) is 5.92 Å². The summed E-state index contributed by atoms with van der Waals surface area (Å²) in [5.74, 6) is -0.513. The Balaban J connectivity index is 1.84. The minimum Gasteiger partial charge on any atom is -0.396 e. The van der Waals surface area contributed by atoms with Crippen LogP contribution < -0.4 is 9.80 Å². The van der Waals surface area contributed by atoms with Gasteiger partial charge in [-0.1, -0.05) is 6.92 Å². The zero-order valence-electron chi connectivity index (χ0n) is 16.7. The Morgan fingerprint density at radius 1 is 1.36 bits per heavy atom. The molecule has 4 rings (SSSR count). The van der Waals surface area contributed by atoms with Crippen LogP contribution in [-0.4, -0.2) is 51.6 Å². The summed E-state index contributed by atoms with van der Waals surface area (Å²) >= 11 is 0.